The standard InChI is InChI=1S/C26H38N3O9P/c1-4-7-8-9-21(20(5-2)25(31)29-33)24(30)27-16-28-26(32)23-11-10-22(38-23)18-12-17(15-39(34,35)36)13-19(14-18)37-6-3/h10-14,20-21,33H,4-9,15-16H2,1-3H3,(H,27,30)(H,28,32)(H,29,31)(H2,34,35,36)/t20-,21-/m1/s1. The second-order valence-electron chi connectivity index (χ2n) is 9.10. The Kier molecular flexibility index (Phi) is 12.7. The lowest BCUT2D eigenvalue weighted by atomic mass is 9.84. The van der Waals surface area contributed by atoms with Crippen molar-refractivity contribution in [3.63, 3.8) is 0 Å². The predicted molar refractivity (Wildman–Crippen MR) is 143 cm³/mol. The summed E-state index contributed by atoms with van der Waals surface area (Å²) in [5, 5.41) is 14.2. The van der Waals surface area contributed by atoms with Gasteiger partial charge < -0.3 is 29.6 Å². The zero-order chi connectivity index (χ0) is 29.0. The molecule has 2 rings (SSSR count). The highest BCUT2D eigenvalue weighted by atomic mass is 31.2. The molecule has 0 spiro atoms. The zero-order valence-corrected chi connectivity index (χ0v) is 23.3. The van der Waals surface area contributed by atoms with Crippen molar-refractivity contribution in [3.05, 3.63) is 41.7 Å². The molecule has 2 aromatic rings. The fourth-order valence-electron chi connectivity index (χ4n) is 4.29. The van der Waals surface area contributed by atoms with Gasteiger partial charge in [0.15, 0.2) is 5.76 Å². The van der Waals surface area contributed by atoms with E-state index in [1.165, 1.54) is 12.1 Å². The van der Waals surface area contributed by atoms with E-state index in [9.17, 15) is 28.7 Å². The number of hydrogen-bond acceptors (Lipinski definition) is 7. The minimum Gasteiger partial charge on any atom is -0.494 e. The number of hydrogen-bond donors (Lipinski definition) is 6. The molecule has 0 saturated carbocycles. The Hall–Kier alpha value is -3.18. The largest absolute Gasteiger partial charge is 0.494 e. The van der Waals surface area contributed by atoms with Crippen molar-refractivity contribution in [1.82, 2.24) is 16.1 Å². The van der Waals surface area contributed by atoms with Crippen molar-refractivity contribution in [2.75, 3.05) is 13.3 Å². The Morgan fingerprint density at radius 3 is 2.36 bits per heavy atom. The SMILES string of the molecule is CCCCC[C@@H](C(=O)NCNC(=O)c1ccc(-c2cc(CP(=O)(O)O)cc(OCC)c2)o1)[C@@H](CC)C(=O)NO. The molecule has 0 aliphatic carbocycles. The molecule has 1 aromatic heterocycles. The molecule has 12 nitrogen and oxygen atoms in total. The second kappa shape index (κ2) is 15.4. The van der Waals surface area contributed by atoms with Crippen LogP contribution < -0.4 is 20.9 Å². The number of benzene rings is 1. The molecule has 0 aliphatic rings. The fraction of sp³-hybridized carbons (Fsp3) is 0.500. The van der Waals surface area contributed by atoms with Gasteiger partial charge in [-0.15, -0.1) is 0 Å². The summed E-state index contributed by atoms with van der Waals surface area (Å²) in [6, 6.07) is 7.71. The van der Waals surface area contributed by atoms with Gasteiger partial charge >= 0.3 is 7.60 Å². The number of hydroxylamine groups is 1. The molecule has 0 saturated heterocycles. The summed E-state index contributed by atoms with van der Waals surface area (Å²) in [5.74, 6) is -2.36. The van der Waals surface area contributed by atoms with E-state index < -0.39 is 43.3 Å². The third-order valence-corrected chi connectivity index (χ3v) is 6.90. The molecule has 0 unspecified atom stereocenters. The van der Waals surface area contributed by atoms with Crippen LogP contribution in [0.2, 0.25) is 0 Å². The van der Waals surface area contributed by atoms with Crippen LogP contribution in [-0.4, -0.2) is 46.0 Å². The Labute approximate surface area is 227 Å². The summed E-state index contributed by atoms with van der Waals surface area (Å²) in [5.41, 5.74) is 2.45. The predicted octanol–water partition coefficient (Wildman–Crippen LogP) is 3.55. The molecule has 1 aromatic carbocycles. The highest BCUT2D eigenvalue weighted by Crippen LogP contribution is 2.41. The first-order chi connectivity index (χ1) is 18.5. The first kappa shape index (κ1) is 32.0. The van der Waals surface area contributed by atoms with Crippen molar-refractivity contribution >= 4 is 25.3 Å². The van der Waals surface area contributed by atoms with Crippen molar-refractivity contribution in [2.45, 2.75) is 59.0 Å². The maximum absolute atomic E-state index is 12.9. The molecule has 3 amide bonds. The van der Waals surface area contributed by atoms with Crippen LogP contribution >= 0.6 is 7.60 Å². The highest BCUT2D eigenvalue weighted by Gasteiger charge is 2.32. The summed E-state index contributed by atoms with van der Waals surface area (Å²) in [6.45, 7) is 5.70. The summed E-state index contributed by atoms with van der Waals surface area (Å²) < 4.78 is 22.7. The van der Waals surface area contributed by atoms with Crippen LogP contribution in [0.1, 0.15) is 69.0 Å². The first-order valence-electron chi connectivity index (χ1n) is 12.9. The molecule has 1 heterocycles. The number of nitrogens with one attached hydrogen (secondary N) is 3. The van der Waals surface area contributed by atoms with Crippen molar-refractivity contribution in [3.8, 4) is 17.1 Å². The van der Waals surface area contributed by atoms with E-state index in [1.807, 2.05) is 6.92 Å². The molecule has 0 bridgehead atoms. The third-order valence-electron chi connectivity index (χ3n) is 6.12. The lowest BCUT2D eigenvalue weighted by Gasteiger charge is -2.24. The monoisotopic (exact) mass is 567 g/mol. The van der Waals surface area contributed by atoms with Crippen LogP contribution in [0, 0.1) is 11.8 Å². The zero-order valence-electron chi connectivity index (χ0n) is 22.4. The summed E-state index contributed by atoms with van der Waals surface area (Å²) >= 11 is 0. The summed E-state index contributed by atoms with van der Waals surface area (Å²) in [7, 11) is -4.32. The summed E-state index contributed by atoms with van der Waals surface area (Å²) in [4.78, 5) is 56.3. The van der Waals surface area contributed by atoms with Crippen molar-refractivity contribution in [2.24, 2.45) is 11.8 Å². The number of amides is 3. The average molecular weight is 568 g/mol. The Morgan fingerprint density at radius 1 is 1.00 bits per heavy atom. The minimum atomic E-state index is -4.32. The quantitative estimate of drug-likeness (QED) is 0.0579. The smallest absolute Gasteiger partial charge is 0.329 e. The van der Waals surface area contributed by atoms with Gasteiger partial charge in [0, 0.05) is 11.5 Å². The number of ether oxygens (including phenoxy) is 1. The normalized spacial score (nSPS) is 12.9. The third kappa shape index (κ3) is 10.1. The van der Waals surface area contributed by atoms with Gasteiger partial charge in [0.05, 0.1) is 25.4 Å². The molecule has 6 N–H and O–H groups in total. The van der Waals surface area contributed by atoms with Crippen LogP contribution in [-0.2, 0) is 20.3 Å². The second-order valence-corrected chi connectivity index (χ2v) is 10.7. The molecule has 2 atom stereocenters. The van der Waals surface area contributed by atoms with Gasteiger partial charge in [0.2, 0.25) is 11.8 Å². The average Bonchev–Trinajstić information content (AvgIpc) is 3.37. The fourth-order valence-corrected chi connectivity index (χ4v) is 4.95. The van der Waals surface area contributed by atoms with Crippen molar-refractivity contribution in [1.29, 1.82) is 0 Å². The van der Waals surface area contributed by atoms with Gasteiger partial charge in [-0.05, 0) is 55.7 Å². The van der Waals surface area contributed by atoms with Crippen molar-refractivity contribution < 1.29 is 43.1 Å². The van der Waals surface area contributed by atoms with Gasteiger partial charge in [-0.2, -0.15) is 0 Å². The first-order valence-corrected chi connectivity index (χ1v) is 14.7. The van der Waals surface area contributed by atoms with Crippen LogP contribution in [0.5, 0.6) is 5.75 Å². The number of unbranched alkanes of at least 4 members (excludes halogenated alkanes) is 2. The number of rotatable bonds is 16. The molecule has 0 fully saturated rings. The van der Waals surface area contributed by atoms with E-state index >= 15 is 0 Å². The molecule has 216 valence electrons. The molecular formula is C26H38N3O9P. The lowest BCUT2D eigenvalue weighted by molar-refractivity contribution is -0.140. The van der Waals surface area contributed by atoms with Gasteiger partial charge in [-0.1, -0.05) is 33.1 Å². The van der Waals surface area contributed by atoms with E-state index in [1.54, 1.807) is 37.5 Å². The molecule has 39 heavy (non-hydrogen) atoms. The molecular weight excluding hydrogens is 529 g/mol. The van der Waals surface area contributed by atoms with Crippen LogP contribution in [0.4, 0.5) is 0 Å². The van der Waals surface area contributed by atoms with Crippen LogP contribution in [0.25, 0.3) is 11.3 Å². The van der Waals surface area contributed by atoms with E-state index in [0.29, 0.717) is 36.3 Å². The Morgan fingerprint density at radius 2 is 1.74 bits per heavy atom. The molecule has 0 radical (unpaired) electrons. The van der Waals surface area contributed by atoms with Crippen LogP contribution in [0.3, 0.4) is 0 Å². The Bertz CT molecular complexity index is 1160. The maximum Gasteiger partial charge on any atom is 0.329 e. The number of carbonyl (C=O) groups is 3. The van der Waals surface area contributed by atoms with E-state index in [0.717, 1.165) is 19.3 Å². The van der Waals surface area contributed by atoms with Gasteiger partial charge in [0.25, 0.3) is 5.91 Å². The van der Waals surface area contributed by atoms with Gasteiger partial charge in [-0.25, -0.2) is 5.48 Å². The number of furan rings is 1. The minimum absolute atomic E-state index is 0.0387. The molecule has 0 aliphatic heterocycles. The van der Waals surface area contributed by atoms with Crippen LogP contribution in [0.15, 0.2) is 34.7 Å². The lowest BCUT2D eigenvalue weighted by Crippen LogP contribution is -2.44. The number of carbonyl (C=O) groups excluding carboxylic acids is 3. The Balaban J connectivity index is 2.08. The highest BCUT2D eigenvalue weighted by molar-refractivity contribution is 7.50. The maximum atomic E-state index is 12.9. The topological polar surface area (TPSA) is 187 Å². The van der Waals surface area contributed by atoms with E-state index in [2.05, 4.69) is 10.6 Å². The molecule has 13 heteroatoms. The van der Waals surface area contributed by atoms with E-state index in [-0.39, 0.29) is 18.2 Å². The van der Waals surface area contributed by atoms with E-state index in [4.69, 9.17) is 14.4 Å². The summed E-state index contributed by atoms with van der Waals surface area (Å²) in [6.07, 6.45) is 2.93. The van der Waals surface area contributed by atoms with Gasteiger partial charge in [0.1, 0.15) is 11.5 Å². The van der Waals surface area contributed by atoms with Gasteiger partial charge in [-0.3, -0.25) is 24.2 Å².